The van der Waals surface area contributed by atoms with Gasteiger partial charge in [0.25, 0.3) is 0 Å². The summed E-state index contributed by atoms with van der Waals surface area (Å²) in [6.07, 6.45) is -9.74. The topological polar surface area (TPSA) is 154 Å². The Labute approximate surface area is 287 Å². The summed E-state index contributed by atoms with van der Waals surface area (Å²) in [6.45, 7) is 9.41. The van der Waals surface area contributed by atoms with Crippen LogP contribution in [0.2, 0.25) is 0 Å². The summed E-state index contributed by atoms with van der Waals surface area (Å²) < 4.78 is 65.3. The number of esters is 1. The zero-order chi connectivity index (χ0) is 37.2. The predicted molar refractivity (Wildman–Crippen MR) is 177 cm³/mol. The number of halogens is 3. The number of nitrogens with one attached hydrogen (secondary N) is 3. The number of nitrogens with zero attached hydrogens (tertiary/aromatic N) is 1. The van der Waals surface area contributed by atoms with Crippen LogP contribution in [0, 0.1) is 0 Å². The number of aliphatic imine (C=N–C) groups is 1. The molecule has 0 aliphatic carbocycles. The first-order valence-electron chi connectivity index (χ1n) is 15.3. The van der Waals surface area contributed by atoms with Crippen LogP contribution in [0.3, 0.4) is 0 Å². The molecule has 0 bridgehead atoms. The van der Waals surface area contributed by atoms with Gasteiger partial charge in [0.2, 0.25) is 11.5 Å². The van der Waals surface area contributed by atoms with Crippen molar-refractivity contribution in [1.82, 2.24) is 16.0 Å². The van der Waals surface area contributed by atoms with Crippen LogP contribution in [0.25, 0.3) is 0 Å². The average Bonchev–Trinajstić information content (AvgIpc) is 2.99. The summed E-state index contributed by atoms with van der Waals surface area (Å²) in [7, 11) is 0. The van der Waals surface area contributed by atoms with Gasteiger partial charge in [-0.1, -0.05) is 60.7 Å². The fourth-order valence-corrected chi connectivity index (χ4v) is 4.09. The molecule has 0 saturated carbocycles. The Morgan fingerprint density at radius 3 is 1.60 bits per heavy atom. The molecule has 0 radical (unpaired) electrons. The van der Waals surface area contributed by atoms with Crippen molar-refractivity contribution >= 4 is 35.9 Å². The highest BCUT2D eigenvalue weighted by molar-refractivity contribution is 6.02. The summed E-state index contributed by atoms with van der Waals surface area (Å²) >= 11 is 0. The molecule has 3 aromatic carbocycles. The Kier molecular flexibility index (Phi) is 12.6. The van der Waals surface area contributed by atoms with Crippen LogP contribution in [0.5, 0.6) is 5.75 Å². The van der Waals surface area contributed by atoms with E-state index in [0.29, 0.717) is 5.56 Å². The molecule has 1 atom stereocenters. The molecule has 0 spiro atoms. The molecule has 0 fully saturated rings. The highest BCUT2D eigenvalue weighted by Crippen LogP contribution is 2.36. The highest BCUT2D eigenvalue weighted by atomic mass is 19.4. The number of hydrogen-bond donors (Lipinski definition) is 3. The zero-order valence-corrected chi connectivity index (χ0v) is 28.3. The lowest BCUT2D eigenvalue weighted by atomic mass is 9.90. The maximum Gasteiger partial charge on any atom is 0.422 e. The third-order valence-corrected chi connectivity index (χ3v) is 6.20. The highest BCUT2D eigenvalue weighted by Gasteiger charge is 2.63. The maximum absolute atomic E-state index is 14.9. The van der Waals surface area contributed by atoms with Crippen molar-refractivity contribution in [2.24, 2.45) is 4.99 Å². The van der Waals surface area contributed by atoms with Crippen LogP contribution in [0.15, 0.2) is 89.9 Å². The lowest BCUT2D eigenvalue weighted by Crippen LogP contribution is -2.66. The first-order chi connectivity index (χ1) is 23.2. The summed E-state index contributed by atoms with van der Waals surface area (Å²) in [6, 6.07) is 20.3. The number of alkyl halides is 3. The third-order valence-electron chi connectivity index (χ3n) is 6.20. The normalized spacial score (nSPS) is 12.7. The van der Waals surface area contributed by atoms with Crippen LogP contribution in [0.1, 0.15) is 52.7 Å². The van der Waals surface area contributed by atoms with Gasteiger partial charge in [-0.05, 0) is 76.9 Å². The molecule has 1 unspecified atom stereocenters. The number of carbonyl (C=O) groups is 4. The van der Waals surface area contributed by atoms with Crippen molar-refractivity contribution in [3.05, 3.63) is 96.1 Å². The molecule has 0 heterocycles. The second kappa shape index (κ2) is 16.2. The molecule has 0 aliphatic rings. The first-order valence-corrected chi connectivity index (χ1v) is 15.3. The number of benzene rings is 3. The van der Waals surface area contributed by atoms with Gasteiger partial charge in [0.1, 0.15) is 23.6 Å². The third kappa shape index (κ3) is 12.5. The van der Waals surface area contributed by atoms with Crippen molar-refractivity contribution in [1.29, 1.82) is 0 Å². The van der Waals surface area contributed by atoms with Crippen LogP contribution in [-0.4, -0.2) is 53.1 Å². The van der Waals surface area contributed by atoms with E-state index < -0.39 is 59.5 Å². The van der Waals surface area contributed by atoms with E-state index in [1.54, 1.807) is 83.3 Å². The molecular formula is C35H39F3N4O8. The van der Waals surface area contributed by atoms with Crippen LogP contribution in [-0.2, 0) is 32.0 Å². The van der Waals surface area contributed by atoms with E-state index in [9.17, 15) is 32.3 Å². The van der Waals surface area contributed by atoms with Crippen LogP contribution in [0.4, 0.5) is 33.2 Å². The lowest BCUT2D eigenvalue weighted by molar-refractivity contribution is -0.206. The maximum atomic E-state index is 14.9. The Bertz CT molecular complexity index is 1620. The molecule has 3 N–H and O–H groups in total. The van der Waals surface area contributed by atoms with Gasteiger partial charge in [0.05, 0.1) is 5.69 Å². The van der Waals surface area contributed by atoms with Gasteiger partial charge in [-0.25, -0.2) is 24.2 Å². The molecule has 15 heteroatoms. The quantitative estimate of drug-likeness (QED) is 0.0740. The number of guanidine groups is 1. The van der Waals surface area contributed by atoms with Gasteiger partial charge >= 0.3 is 30.4 Å². The Hall–Kier alpha value is -5.60. The zero-order valence-electron chi connectivity index (χ0n) is 28.3. The summed E-state index contributed by atoms with van der Waals surface area (Å²) in [4.78, 5) is 55.2. The van der Waals surface area contributed by atoms with Crippen LogP contribution < -0.4 is 20.7 Å². The monoisotopic (exact) mass is 700 g/mol. The van der Waals surface area contributed by atoms with Crippen LogP contribution >= 0.6 is 0 Å². The van der Waals surface area contributed by atoms with E-state index in [1.807, 2.05) is 0 Å². The predicted octanol–water partition coefficient (Wildman–Crippen LogP) is 7.10. The van der Waals surface area contributed by atoms with E-state index >= 15 is 0 Å². The fourth-order valence-electron chi connectivity index (χ4n) is 4.09. The number of carbonyl (C=O) groups excluding carboxylic acids is 4. The number of amides is 3. The Morgan fingerprint density at radius 2 is 1.14 bits per heavy atom. The Balaban J connectivity index is 1.89. The second-order valence-electron chi connectivity index (χ2n) is 12.8. The number of ether oxygens (including phenoxy) is 4. The van der Waals surface area contributed by atoms with Crippen molar-refractivity contribution in [2.75, 3.05) is 0 Å². The number of rotatable bonds is 8. The van der Waals surface area contributed by atoms with Crippen molar-refractivity contribution in [3.63, 3.8) is 0 Å². The van der Waals surface area contributed by atoms with E-state index in [1.165, 1.54) is 36.4 Å². The molecule has 0 saturated heterocycles. The number of alkyl carbamates (subject to hydrolysis) is 3. The van der Waals surface area contributed by atoms with Gasteiger partial charge in [0.15, 0.2) is 0 Å². The molecule has 50 heavy (non-hydrogen) atoms. The van der Waals surface area contributed by atoms with Crippen molar-refractivity contribution in [3.8, 4) is 5.75 Å². The summed E-state index contributed by atoms with van der Waals surface area (Å²) in [5, 5.41) is 6.33. The smallest absolute Gasteiger partial charge is 0.422 e. The van der Waals surface area contributed by atoms with E-state index in [2.05, 4.69) is 15.6 Å². The standard InChI is InChI=1S/C35H39F3N4O8/c1-32(2,3)49-29(44)40-28(41-30(45)50-33(4,5)6)39-25-17-19-26(20-18-25)48-27(43)34(35(36,37)38,21-23-13-9-7-10-14-23)42-31(46)47-22-24-15-11-8-12-16-24/h7-20H,21-22H2,1-6H3,(H,42,46)(H2,39,40,41,44,45). The lowest BCUT2D eigenvalue weighted by Gasteiger charge is -2.33. The molecule has 3 amide bonds. The van der Waals surface area contributed by atoms with Crippen molar-refractivity contribution in [2.45, 2.75) is 77.5 Å². The molecule has 3 aromatic rings. The average molecular weight is 701 g/mol. The van der Waals surface area contributed by atoms with Gasteiger partial charge < -0.3 is 18.9 Å². The fraction of sp³-hybridized carbons (Fsp3) is 0.343. The molecular weight excluding hydrogens is 661 g/mol. The largest absolute Gasteiger partial charge is 0.445 e. The summed E-state index contributed by atoms with van der Waals surface area (Å²) in [5.74, 6) is -2.56. The van der Waals surface area contributed by atoms with E-state index in [0.717, 1.165) is 12.1 Å². The Morgan fingerprint density at radius 1 is 0.660 bits per heavy atom. The van der Waals surface area contributed by atoms with Crippen molar-refractivity contribution < 1.29 is 51.3 Å². The second-order valence-corrected chi connectivity index (χ2v) is 12.8. The summed E-state index contributed by atoms with van der Waals surface area (Å²) in [5.41, 5.74) is -4.66. The van der Waals surface area contributed by atoms with E-state index in [4.69, 9.17) is 18.9 Å². The number of hydrogen-bond acceptors (Lipinski definition) is 9. The molecule has 0 aromatic heterocycles. The minimum atomic E-state index is -5.34. The van der Waals surface area contributed by atoms with Gasteiger partial charge in [-0.3, -0.25) is 16.0 Å². The van der Waals surface area contributed by atoms with E-state index in [-0.39, 0.29) is 23.6 Å². The molecule has 3 rings (SSSR count). The first kappa shape index (κ1) is 38.8. The molecule has 268 valence electrons. The minimum Gasteiger partial charge on any atom is -0.445 e. The van der Waals surface area contributed by atoms with Gasteiger partial charge in [0, 0.05) is 6.42 Å². The van der Waals surface area contributed by atoms with Gasteiger partial charge in [-0.2, -0.15) is 13.2 Å². The molecule has 12 nitrogen and oxygen atoms in total. The minimum absolute atomic E-state index is 0.0703. The van der Waals surface area contributed by atoms with Gasteiger partial charge in [-0.15, -0.1) is 0 Å². The molecule has 0 aliphatic heterocycles. The SMILES string of the molecule is CC(C)(C)OC(=O)NC(=Nc1ccc(OC(=O)C(Cc2ccccc2)(NC(=O)OCc2ccccc2)C(F)(F)F)cc1)NC(=O)OC(C)(C)C.